The van der Waals surface area contributed by atoms with E-state index in [-0.39, 0.29) is 0 Å². The summed E-state index contributed by atoms with van der Waals surface area (Å²) in [6.45, 7) is 12.9. The Bertz CT molecular complexity index is 201. The fraction of sp³-hybridized carbons (Fsp3) is 1.00. The SMILES string of the molecule is CCCN(CC)CC1CC(C)(C)CCC1N. The second-order valence-corrected chi connectivity index (χ2v) is 6.22. The van der Waals surface area contributed by atoms with Crippen molar-refractivity contribution in [3.05, 3.63) is 0 Å². The fourth-order valence-electron chi connectivity index (χ4n) is 2.98. The molecule has 16 heavy (non-hydrogen) atoms. The number of nitrogens with zero attached hydrogens (tertiary/aromatic N) is 1. The van der Waals surface area contributed by atoms with Crippen molar-refractivity contribution in [2.75, 3.05) is 19.6 Å². The van der Waals surface area contributed by atoms with E-state index >= 15 is 0 Å². The third-order valence-electron chi connectivity index (χ3n) is 4.05. The largest absolute Gasteiger partial charge is 0.327 e. The summed E-state index contributed by atoms with van der Waals surface area (Å²) in [4.78, 5) is 2.56. The van der Waals surface area contributed by atoms with Gasteiger partial charge in [-0.05, 0) is 50.1 Å². The number of nitrogens with two attached hydrogens (primary N) is 1. The van der Waals surface area contributed by atoms with E-state index in [1.807, 2.05) is 0 Å². The van der Waals surface area contributed by atoms with Crippen LogP contribution in [0.4, 0.5) is 0 Å². The highest BCUT2D eigenvalue weighted by atomic mass is 15.1. The first-order chi connectivity index (χ1) is 7.48. The zero-order valence-corrected chi connectivity index (χ0v) is 11.6. The summed E-state index contributed by atoms with van der Waals surface area (Å²) < 4.78 is 0. The van der Waals surface area contributed by atoms with Gasteiger partial charge in [-0.3, -0.25) is 0 Å². The van der Waals surface area contributed by atoms with Crippen molar-refractivity contribution in [3.8, 4) is 0 Å². The smallest absolute Gasteiger partial charge is 0.00797 e. The van der Waals surface area contributed by atoms with Crippen LogP contribution in [0.1, 0.15) is 53.4 Å². The van der Waals surface area contributed by atoms with Crippen molar-refractivity contribution >= 4 is 0 Å². The van der Waals surface area contributed by atoms with Crippen molar-refractivity contribution in [1.29, 1.82) is 0 Å². The number of hydrogen-bond donors (Lipinski definition) is 1. The van der Waals surface area contributed by atoms with Gasteiger partial charge in [0.15, 0.2) is 0 Å². The Morgan fingerprint density at radius 3 is 2.56 bits per heavy atom. The average molecular weight is 226 g/mol. The minimum atomic E-state index is 0.430. The molecule has 0 aromatic heterocycles. The molecule has 2 unspecified atom stereocenters. The Hall–Kier alpha value is -0.0800. The lowest BCUT2D eigenvalue weighted by atomic mass is 9.70. The van der Waals surface area contributed by atoms with Crippen LogP contribution < -0.4 is 5.73 Å². The summed E-state index contributed by atoms with van der Waals surface area (Å²) in [7, 11) is 0. The Morgan fingerprint density at radius 2 is 2.00 bits per heavy atom. The summed E-state index contributed by atoms with van der Waals surface area (Å²) in [6, 6.07) is 0.430. The van der Waals surface area contributed by atoms with E-state index < -0.39 is 0 Å². The lowest BCUT2D eigenvalue weighted by Gasteiger charge is -2.41. The molecule has 96 valence electrons. The van der Waals surface area contributed by atoms with Crippen molar-refractivity contribution in [2.45, 2.75) is 59.4 Å². The van der Waals surface area contributed by atoms with Gasteiger partial charge in [-0.1, -0.05) is 27.7 Å². The van der Waals surface area contributed by atoms with Gasteiger partial charge in [0, 0.05) is 12.6 Å². The molecule has 0 heterocycles. The Morgan fingerprint density at radius 1 is 1.31 bits per heavy atom. The topological polar surface area (TPSA) is 29.3 Å². The predicted octanol–water partition coefficient (Wildman–Crippen LogP) is 2.87. The molecular formula is C14H30N2. The van der Waals surface area contributed by atoms with Crippen molar-refractivity contribution in [1.82, 2.24) is 4.90 Å². The predicted molar refractivity (Wildman–Crippen MR) is 71.5 cm³/mol. The van der Waals surface area contributed by atoms with Gasteiger partial charge >= 0.3 is 0 Å². The van der Waals surface area contributed by atoms with Crippen LogP contribution >= 0.6 is 0 Å². The molecule has 2 atom stereocenters. The van der Waals surface area contributed by atoms with Gasteiger partial charge in [0.05, 0.1) is 0 Å². The Balaban J connectivity index is 2.49. The number of hydrogen-bond acceptors (Lipinski definition) is 2. The summed E-state index contributed by atoms with van der Waals surface area (Å²) in [5, 5.41) is 0. The van der Waals surface area contributed by atoms with Gasteiger partial charge < -0.3 is 10.6 Å². The summed E-state index contributed by atoms with van der Waals surface area (Å²) in [5.74, 6) is 0.704. The van der Waals surface area contributed by atoms with Crippen LogP contribution in [0.5, 0.6) is 0 Å². The molecule has 0 aromatic carbocycles. The van der Waals surface area contributed by atoms with Crippen LogP contribution in [-0.2, 0) is 0 Å². The van der Waals surface area contributed by atoms with E-state index in [1.54, 1.807) is 0 Å². The molecule has 0 aliphatic heterocycles. The molecule has 1 saturated carbocycles. The van der Waals surface area contributed by atoms with Crippen LogP contribution in [0.25, 0.3) is 0 Å². The maximum Gasteiger partial charge on any atom is 0.00797 e. The van der Waals surface area contributed by atoms with Crippen molar-refractivity contribution < 1.29 is 0 Å². The molecule has 0 amide bonds. The lowest BCUT2D eigenvalue weighted by molar-refractivity contribution is 0.117. The maximum atomic E-state index is 6.27. The normalized spacial score (nSPS) is 29.6. The van der Waals surface area contributed by atoms with Crippen LogP contribution in [0, 0.1) is 11.3 Å². The molecule has 0 aromatic rings. The molecule has 2 N–H and O–H groups in total. The molecule has 1 aliphatic rings. The minimum Gasteiger partial charge on any atom is -0.327 e. The fourth-order valence-corrected chi connectivity index (χ4v) is 2.98. The lowest BCUT2D eigenvalue weighted by Crippen LogP contribution is -2.45. The Kier molecular flexibility index (Phi) is 5.26. The molecule has 1 fully saturated rings. The van der Waals surface area contributed by atoms with Gasteiger partial charge in [-0.2, -0.15) is 0 Å². The molecule has 1 rings (SSSR count). The van der Waals surface area contributed by atoms with Gasteiger partial charge in [0.25, 0.3) is 0 Å². The first-order valence-corrected chi connectivity index (χ1v) is 6.96. The quantitative estimate of drug-likeness (QED) is 0.781. The highest BCUT2D eigenvalue weighted by Crippen LogP contribution is 2.38. The molecular weight excluding hydrogens is 196 g/mol. The summed E-state index contributed by atoms with van der Waals surface area (Å²) in [6.07, 6.45) is 5.06. The molecule has 2 nitrogen and oxygen atoms in total. The van der Waals surface area contributed by atoms with E-state index in [4.69, 9.17) is 5.73 Å². The van der Waals surface area contributed by atoms with Crippen LogP contribution in [0.15, 0.2) is 0 Å². The maximum absolute atomic E-state index is 6.27. The van der Waals surface area contributed by atoms with Crippen LogP contribution in [0.2, 0.25) is 0 Å². The van der Waals surface area contributed by atoms with Gasteiger partial charge in [-0.25, -0.2) is 0 Å². The molecule has 2 heteroatoms. The number of rotatable bonds is 5. The van der Waals surface area contributed by atoms with Crippen molar-refractivity contribution in [3.63, 3.8) is 0 Å². The molecule has 1 aliphatic carbocycles. The molecule has 0 spiro atoms. The first kappa shape index (κ1) is 14.0. The monoisotopic (exact) mass is 226 g/mol. The van der Waals surface area contributed by atoms with Crippen LogP contribution in [-0.4, -0.2) is 30.6 Å². The second-order valence-electron chi connectivity index (χ2n) is 6.22. The summed E-state index contributed by atoms with van der Waals surface area (Å²) >= 11 is 0. The highest BCUT2D eigenvalue weighted by Gasteiger charge is 2.33. The average Bonchev–Trinajstić information content (AvgIpc) is 2.22. The van der Waals surface area contributed by atoms with E-state index in [0.717, 1.165) is 6.54 Å². The minimum absolute atomic E-state index is 0.430. The van der Waals surface area contributed by atoms with E-state index in [0.29, 0.717) is 17.4 Å². The third-order valence-corrected chi connectivity index (χ3v) is 4.05. The van der Waals surface area contributed by atoms with Gasteiger partial charge in [0.2, 0.25) is 0 Å². The second kappa shape index (κ2) is 6.02. The van der Waals surface area contributed by atoms with Gasteiger partial charge in [-0.15, -0.1) is 0 Å². The zero-order chi connectivity index (χ0) is 12.2. The highest BCUT2D eigenvalue weighted by molar-refractivity contribution is 4.88. The van der Waals surface area contributed by atoms with E-state index in [9.17, 15) is 0 Å². The third kappa shape index (κ3) is 4.06. The van der Waals surface area contributed by atoms with E-state index in [1.165, 1.54) is 38.8 Å². The molecule has 0 saturated heterocycles. The first-order valence-electron chi connectivity index (χ1n) is 6.96. The Labute approximate surface area is 102 Å². The van der Waals surface area contributed by atoms with Gasteiger partial charge in [0.1, 0.15) is 0 Å². The van der Waals surface area contributed by atoms with Crippen molar-refractivity contribution in [2.24, 2.45) is 17.1 Å². The zero-order valence-electron chi connectivity index (χ0n) is 11.6. The standard InChI is InChI=1S/C14H30N2/c1-5-9-16(6-2)11-12-10-14(3,4)8-7-13(12)15/h12-13H,5-11,15H2,1-4H3. The van der Waals surface area contributed by atoms with Crippen LogP contribution in [0.3, 0.4) is 0 Å². The van der Waals surface area contributed by atoms with E-state index in [2.05, 4.69) is 32.6 Å². The summed E-state index contributed by atoms with van der Waals surface area (Å²) in [5.41, 5.74) is 6.78. The molecule has 0 bridgehead atoms. The molecule has 0 radical (unpaired) electrons.